The Morgan fingerprint density at radius 1 is 1.70 bits per heavy atom. The Balaban J connectivity index is 0.000000810. The molecular weight excluding hydrogens is 121 g/mol. The van der Waals surface area contributed by atoms with Crippen molar-refractivity contribution in [3.8, 4) is 5.88 Å². The molecule has 0 amide bonds. The summed E-state index contributed by atoms with van der Waals surface area (Å²) in [5.74, 6) is 0.663. The maximum absolute atomic E-state index is 5.07. The van der Waals surface area contributed by atoms with Crippen molar-refractivity contribution in [1.29, 1.82) is 0 Å². The van der Waals surface area contributed by atoms with E-state index in [-0.39, 0.29) is 18.9 Å². The van der Waals surface area contributed by atoms with Gasteiger partial charge in [0.05, 0.1) is 6.61 Å². The molecule has 0 bridgehead atoms. The van der Waals surface area contributed by atoms with Gasteiger partial charge < -0.3 is 4.74 Å². The fourth-order valence-corrected chi connectivity index (χ4v) is 0.540. The Hall–Kier alpha value is -0.453. The van der Waals surface area contributed by atoms with Crippen LogP contribution in [0.1, 0.15) is 6.92 Å². The third kappa shape index (κ3) is 2.91. The van der Waals surface area contributed by atoms with Crippen LogP contribution < -0.4 is 23.6 Å². The van der Waals surface area contributed by atoms with Gasteiger partial charge in [-0.1, -0.05) is 6.20 Å². The van der Waals surface area contributed by atoms with E-state index in [4.69, 9.17) is 4.74 Å². The van der Waals surface area contributed by atoms with Gasteiger partial charge in [-0.2, -0.15) is 0 Å². The van der Waals surface area contributed by atoms with Crippen molar-refractivity contribution in [3.63, 3.8) is 0 Å². The monoisotopic (exact) mass is 129 g/mol. The fourth-order valence-electron chi connectivity index (χ4n) is 0.540. The molecule has 0 aromatic carbocycles. The van der Waals surface area contributed by atoms with Gasteiger partial charge in [-0.25, -0.2) is 12.1 Å². The first-order valence-electron chi connectivity index (χ1n) is 2.88. The molecule has 1 rings (SSSR count). The second-order valence-electron chi connectivity index (χ2n) is 1.53. The summed E-state index contributed by atoms with van der Waals surface area (Å²) in [5, 5.41) is 0. The van der Waals surface area contributed by atoms with Crippen molar-refractivity contribution in [1.82, 2.24) is 4.98 Å². The molecule has 0 saturated carbocycles. The van der Waals surface area contributed by atoms with Crippen molar-refractivity contribution in [2.75, 3.05) is 6.61 Å². The van der Waals surface area contributed by atoms with Gasteiger partial charge in [0.1, 0.15) is 5.88 Å². The minimum Gasteiger partial charge on any atom is -0.494 e. The number of aromatic nitrogens is 1. The average Bonchev–Trinajstić information content (AvgIpc) is 1.91. The maximum Gasteiger partial charge on any atom is 1.00 e. The zero-order valence-corrected chi connectivity index (χ0v) is 6.29. The first-order chi connectivity index (χ1) is 4.43. The molecule has 0 saturated heterocycles. The molecule has 0 aliphatic carbocycles. The SMILES string of the molecule is CCOc1cc[c-]cn1.[Li+]. The summed E-state index contributed by atoms with van der Waals surface area (Å²) in [4.78, 5) is 3.89. The molecule has 0 spiro atoms. The summed E-state index contributed by atoms with van der Waals surface area (Å²) in [6.07, 6.45) is 1.59. The molecule has 0 radical (unpaired) electrons. The first kappa shape index (κ1) is 9.55. The van der Waals surface area contributed by atoms with Crippen LogP contribution in [0.5, 0.6) is 5.88 Å². The number of hydrogen-bond donors (Lipinski definition) is 0. The minimum absolute atomic E-state index is 0. The number of ether oxygens (including phenoxy) is 1. The van der Waals surface area contributed by atoms with E-state index in [1.807, 2.05) is 6.92 Å². The van der Waals surface area contributed by atoms with Gasteiger partial charge in [0.25, 0.3) is 0 Å². The molecule has 3 heteroatoms. The van der Waals surface area contributed by atoms with Gasteiger partial charge in [0.15, 0.2) is 0 Å². The van der Waals surface area contributed by atoms with E-state index in [9.17, 15) is 0 Å². The topological polar surface area (TPSA) is 22.1 Å². The van der Waals surface area contributed by atoms with E-state index in [0.29, 0.717) is 12.5 Å². The maximum atomic E-state index is 5.07. The summed E-state index contributed by atoms with van der Waals surface area (Å²) in [5.41, 5.74) is 0. The van der Waals surface area contributed by atoms with Gasteiger partial charge >= 0.3 is 18.9 Å². The molecule has 1 aromatic rings. The van der Waals surface area contributed by atoms with Gasteiger partial charge in [0, 0.05) is 0 Å². The van der Waals surface area contributed by atoms with Crippen LogP contribution in [0.4, 0.5) is 0 Å². The molecule has 0 fully saturated rings. The van der Waals surface area contributed by atoms with E-state index < -0.39 is 0 Å². The third-order valence-electron chi connectivity index (χ3n) is 0.881. The van der Waals surface area contributed by atoms with E-state index in [0.717, 1.165) is 0 Å². The number of nitrogens with zero attached hydrogens (tertiary/aromatic N) is 1. The summed E-state index contributed by atoms with van der Waals surface area (Å²) >= 11 is 0. The van der Waals surface area contributed by atoms with Gasteiger partial charge in [-0.3, -0.25) is 4.98 Å². The molecule has 1 aromatic heterocycles. The van der Waals surface area contributed by atoms with Crippen LogP contribution in [0.3, 0.4) is 0 Å². The minimum atomic E-state index is 0. The molecule has 2 nitrogen and oxygen atoms in total. The Morgan fingerprint density at radius 2 is 2.50 bits per heavy atom. The third-order valence-corrected chi connectivity index (χ3v) is 0.881. The molecule has 10 heavy (non-hydrogen) atoms. The van der Waals surface area contributed by atoms with Crippen LogP contribution in [0.25, 0.3) is 0 Å². The van der Waals surface area contributed by atoms with Crippen LogP contribution >= 0.6 is 0 Å². The quantitative estimate of drug-likeness (QED) is 0.350. The van der Waals surface area contributed by atoms with Crippen LogP contribution in [0.2, 0.25) is 0 Å². The molecule has 0 unspecified atom stereocenters. The van der Waals surface area contributed by atoms with Crippen molar-refractivity contribution in [2.24, 2.45) is 0 Å². The zero-order valence-electron chi connectivity index (χ0n) is 6.29. The number of hydrogen-bond acceptors (Lipinski definition) is 2. The average molecular weight is 129 g/mol. The predicted molar refractivity (Wildman–Crippen MR) is 34.2 cm³/mol. The predicted octanol–water partition coefficient (Wildman–Crippen LogP) is -1.72. The van der Waals surface area contributed by atoms with Gasteiger partial charge in [-0.05, 0) is 6.92 Å². The molecule has 0 aliphatic rings. The fraction of sp³-hybridized carbons (Fsp3) is 0.286. The molecule has 1 heterocycles. The summed E-state index contributed by atoms with van der Waals surface area (Å²) < 4.78 is 5.07. The first-order valence-corrected chi connectivity index (χ1v) is 2.88. The van der Waals surface area contributed by atoms with E-state index in [1.165, 1.54) is 0 Å². The largest absolute Gasteiger partial charge is 1.00 e. The normalized spacial score (nSPS) is 8.10. The Morgan fingerprint density at radius 3 is 3.00 bits per heavy atom. The van der Waals surface area contributed by atoms with Crippen molar-refractivity contribution < 1.29 is 23.6 Å². The Labute approximate surface area is 72.8 Å². The van der Waals surface area contributed by atoms with Crippen LogP contribution in [0, 0.1) is 6.07 Å². The van der Waals surface area contributed by atoms with Crippen molar-refractivity contribution >= 4 is 0 Å². The van der Waals surface area contributed by atoms with Gasteiger partial charge in [0.2, 0.25) is 0 Å². The second-order valence-corrected chi connectivity index (χ2v) is 1.53. The Bertz CT molecular complexity index is 167. The smallest absolute Gasteiger partial charge is 0.494 e. The second kappa shape index (κ2) is 5.34. The molecular formula is C7H8LiNO. The molecule has 0 N–H and O–H groups in total. The zero-order chi connectivity index (χ0) is 6.53. The van der Waals surface area contributed by atoms with E-state index >= 15 is 0 Å². The Kier molecular flexibility index (Phi) is 5.10. The van der Waals surface area contributed by atoms with Crippen LogP contribution in [0.15, 0.2) is 18.3 Å². The number of pyridine rings is 1. The number of rotatable bonds is 2. The summed E-state index contributed by atoms with van der Waals surface area (Å²) in [6.45, 7) is 2.59. The molecule has 0 aliphatic heterocycles. The molecule has 0 atom stereocenters. The van der Waals surface area contributed by atoms with Gasteiger partial charge in [-0.15, -0.1) is 6.07 Å². The van der Waals surface area contributed by atoms with E-state index in [1.54, 1.807) is 18.3 Å². The van der Waals surface area contributed by atoms with Crippen molar-refractivity contribution in [3.05, 3.63) is 24.4 Å². The molecule has 48 valence electrons. The van der Waals surface area contributed by atoms with Crippen LogP contribution in [-0.2, 0) is 0 Å². The van der Waals surface area contributed by atoms with Crippen molar-refractivity contribution in [2.45, 2.75) is 6.92 Å². The standard InChI is InChI=1S/C7H8NO.Li/c1-2-9-7-5-3-4-6-8-7;/h3,5-6H,2H2,1H3;/q-1;+1. The summed E-state index contributed by atoms with van der Waals surface area (Å²) in [7, 11) is 0. The van der Waals surface area contributed by atoms with E-state index in [2.05, 4.69) is 11.1 Å². The summed E-state index contributed by atoms with van der Waals surface area (Å²) in [6, 6.07) is 6.36. The van der Waals surface area contributed by atoms with Crippen LogP contribution in [-0.4, -0.2) is 11.6 Å².